The molecule has 1 rings (SSSR count). The second kappa shape index (κ2) is 7.12. The minimum absolute atomic E-state index is 0.0370. The summed E-state index contributed by atoms with van der Waals surface area (Å²) in [5, 5.41) is -0.322. The van der Waals surface area contributed by atoms with E-state index in [1.165, 1.54) is 0 Å². The molecule has 0 aliphatic heterocycles. The molecule has 4 heteroatoms. The summed E-state index contributed by atoms with van der Waals surface area (Å²) in [6.07, 6.45) is 0.314. The molecular formula is C13H16O3S. The summed E-state index contributed by atoms with van der Waals surface area (Å²) in [6.45, 7) is 1.95. The molecule has 17 heavy (non-hydrogen) atoms. The van der Waals surface area contributed by atoms with Crippen molar-refractivity contribution in [3.8, 4) is 0 Å². The highest BCUT2D eigenvalue weighted by Crippen LogP contribution is 2.05. The molecule has 0 saturated heterocycles. The number of hydrogen-bond donors (Lipinski definition) is 1. The monoisotopic (exact) mass is 252 g/mol. The van der Waals surface area contributed by atoms with Gasteiger partial charge < -0.3 is 4.74 Å². The summed E-state index contributed by atoms with van der Waals surface area (Å²) in [4.78, 5) is 22.6. The van der Waals surface area contributed by atoms with Crippen LogP contribution in [0.5, 0.6) is 0 Å². The molecule has 0 N–H and O–H groups in total. The molecule has 0 saturated carbocycles. The first-order valence-electron chi connectivity index (χ1n) is 5.50. The van der Waals surface area contributed by atoms with Crippen molar-refractivity contribution in [2.75, 3.05) is 0 Å². The molecule has 1 atom stereocenters. The lowest BCUT2D eigenvalue weighted by Gasteiger charge is -2.05. The number of ether oxygens (including phenoxy) is 1. The summed E-state index contributed by atoms with van der Waals surface area (Å²) in [5.41, 5.74) is 0.940. The maximum Gasteiger partial charge on any atom is 0.306 e. The second-order valence-electron chi connectivity index (χ2n) is 3.79. The van der Waals surface area contributed by atoms with Crippen molar-refractivity contribution in [3.63, 3.8) is 0 Å². The summed E-state index contributed by atoms with van der Waals surface area (Å²) in [5.74, 6) is -0.388. The first-order valence-corrected chi connectivity index (χ1v) is 6.01. The molecule has 1 aromatic rings. The normalized spacial score (nSPS) is 11.9. The zero-order valence-electron chi connectivity index (χ0n) is 9.76. The number of carbonyl (C=O) groups excluding carboxylic acids is 2. The van der Waals surface area contributed by atoms with Crippen LogP contribution < -0.4 is 0 Å². The Kier molecular flexibility index (Phi) is 5.77. The lowest BCUT2D eigenvalue weighted by atomic mass is 10.2. The number of carbonyl (C=O) groups is 2. The fraction of sp³-hybridized carbons (Fsp3) is 0.385. The van der Waals surface area contributed by atoms with E-state index in [0.29, 0.717) is 0 Å². The number of ketones is 1. The molecule has 0 radical (unpaired) electrons. The molecular weight excluding hydrogens is 236 g/mol. The molecule has 0 heterocycles. The van der Waals surface area contributed by atoms with E-state index in [-0.39, 0.29) is 36.5 Å². The number of thiol groups is 1. The Hall–Kier alpha value is -1.29. The predicted octanol–water partition coefficient (Wildman–Crippen LogP) is 2.40. The fourth-order valence-electron chi connectivity index (χ4n) is 1.24. The Balaban J connectivity index is 2.24. The highest BCUT2D eigenvalue weighted by Gasteiger charge is 2.11. The van der Waals surface area contributed by atoms with E-state index >= 15 is 0 Å². The van der Waals surface area contributed by atoms with Gasteiger partial charge in [0.1, 0.15) is 12.4 Å². The van der Waals surface area contributed by atoms with Gasteiger partial charge in [-0.3, -0.25) is 9.59 Å². The van der Waals surface area contributed by atoms with Crippen molar-refractivity contribution < 1.29 is 14.3 Å². The maximum atomic E-state index is 11.3. The third kappa shape index (κ3) is 5.54. The lowest BCUT2D eigenvalue weighted by molar-refractivity contribution is -0.146. The van der Waals surface area contributed by atoms with Crippen LogP contribution >= 0.6 is 12.6 Å². The van der Waals surface area contributed by atoms with Crippen LogP contribution in [0.15, 0.2) is 30.3 Å². The zero-order valence-corrected chi connectivity index (χ0v) is 10.7. The van der Waals surface area contributed by atoms with Crippen LogP contribution in [-0.2, 0) is 20.9 Å². The number of Topliss-reactive ketones (excluding diaryl/α,β-unsaturated/α-hetero) is 1. The van der Waals surface area contributed by atoms with Gasteiger partial charge in [-0.15, -0.1) is 0 Å². The van der Waals surface area contributed by atoms with Crippen LogP contribution in [0.2, 0.25) is 0 Å². The quantitative estimate of drug-likeness (QED) is 0.624. The van der Waals surface area contributed by atoms with Crippen molar-refractivity contribution in [2.45, 2.75) is 31.6 Å². The summed E-state index contributed by atoms with van der Waals surface area (Å²) in [6, 6.07) is 9.44. The second-order valence-corrected chi connectivity index (χ2v) is 4.56. The first kappa shape index (κ1) is 13.8. The molecule has 1 unspecified atom stereocenters. The molecule has 1 aromatic carbocycles. The Labute approximate surface area is 107 Å². The average Bonchev–Trinajstić information content (AvgIpc) is 2.34. The van der Waals surface area contributed by atoms with Crippen LogP contribution in [0.3, 0.4) is 0 Å². The van der Waals surface area contributed by atoms with E-state index < -0.39 is 0 Å². The van der Waals surface area contributed by atoms with E-state index in [1.54, 1.807) is 6.92 Å². The summed E-state index contributed by atoms with van der Waals surface area (Å²) in [7, 11) is 0. The topological polar surface area (TPSA) is 43.4 Å². The minimum Gasteiger partial charge on any atom is -0.461 e. The fourth-order valence-corrected chi connectivity index (χ4v) is 1.37. The van der Waals surface area contributed by atoms with Crippen LogP contribution in [0.4, 0.5) is 0 Å². The van der Waals surface area contributed by atoms with Gasteiger partial charge in [-0.25, -0.2) is 0 Å². The number of benzene rings is 1. The van der Waals surface area contributed by atoms with E-state index in [4.69, 9.17) is 4.74 Å². The SMILES string of the molecule is CC(S)C(=O)CCC(=O)OCc1ccccc1. The molecule has 0 fully saturated rings. The minimum atomic E-state index is -0.351. The van der Waals surface area contributed by atoms with E-state index in [9.17, 15) is 9.59 Å². The molecule has 92 valence electrons. The van der Waals surface area contributed by atoms with Gasteiger partial charge in [-0.2, -0.15) is 12.6 Å². The number of hydrogen-bond acceptors (Lipinski definition) is 4. The van der Waals surface area contributed by atoms with Gasteiger partial charge in [0.25, 0.3) is 0 Å². The van der Waals surface area contributed by atoms with E-state index in [0.717, 1.165) is 5.56 Å². The third-order valence-corrected chi connectivity index (χ3v) is 2.57. The first-order chi connectivity index (χ1) is 8.09. The Morgan fingerprint density at radius 1 is 1.24 bits per heavy atom. The molecule has 0 aliphatic rings. The lowest BCUT2D eigenvalue weighted by Crippen LogP contribution is -2.13. The molecule has 0 amide bonds. The third-order valence-electron chi connectivity index (χ3n) is 2.28. The van der Waals surface area contributed by atoms with Crippen LogP contribution in [0.1, 0.15) is 25.3 Å². The van der Waals surface area contributed by atoms with Crippen molar-refractivity contribution in [3.05, 3.63) is 35.9 Å². The van der Waals surface area contributed by atoms with Crippen LogP contribution in [0, 0.1) is 0 Å². The zero-order chi connectivity index (χ0) is 12.7. The summed E-state index contributed by atoms with van der Waals surface area (Å²) < 4.78 is 5.04. The molecule has 0 bridgehead atoms. The van der Waals surface area contributed by atoms with Crippen molar-refractivity contribution in [2.24, 2.45) is 0 Å². The molecule has 3 nitrogen and oxygen atoms in total. The van der Waals surface area contributed by atoms with Gasteiger partial charge >= 0.3 is 5.97 Å². The van der Waals surface area contributed by atoms with E-state index in [2.05, 4.69) is 12.6 Å². The molecule has 0 spiro atoms. The van der Waals surface area contributed by atoms with Gasteiger partial charge in [-0.1, -0.05) is 30.3 Å². The largest absolute Gasteiger partial charge is 0.461 e. The number of esters is 1. The highest BCUT2D eigenvalue weighted by molar-refractivity contribution is 7.81. The maximum absolute atomic E-state index is 11.3. The van der Waals surface area contributed by atoms with Crippen molar-refractivity contribution in [1.29, 1.82) is 0 Å². The van der Waals surface area contributed by atoms with Gasteiger partial charge in [-0.05, 0) is 12.5 Å². The highest BCUT2D eigenvalue weighted by atomic mass is 32.1. The predicted molar refractivity (Wildman–Crippen MR) is 68.9 cm³/mol. The van der Waals surface area contributed by atoms with E-state index in [1.807, 2.05) is 30.3 Å². The van der Waals surface area contributed by atoms with Gasteiger partial charge in [0.05, 0.1) is 11.7 Å². The van der Waals surface area contributed by atoms with Gasteiger partial charge in [0.15, 0.2) is 0 Å². The molecule has 0 aromatic heterocycles. The van der Waals surface area contributed by atoms with Crippen LogP contribution in [0.25, 0.3) is 0 Å². The molecule has 0 aliphatic carbocycles. The van der Waals surface area contributed by atoms with Crippen LogP contribution in [-0.4, -0.2) is 17.0 Å². The van der Waals surface area contributed by atoms with Crippen molar-refractivity contribution in [1.82, 2.24) is 0 Å². The standard InChI is InChI=1S/C13H16O3S/c1-10(17)12(14)7-8-13(15)16-9-11-5-3-2-4-6-11/h2-6,10,17H,7-9H2,1H3. The Morgan fingerprint density at radius 3 is 2.47 bits per heavy atom. The Bertz CT molecular complexity index is 374. The smallest absolute Gasteiger partial charge is 0.306 e. The van der Waals surface area contributed by atoms with Gasteiger partial charge in [0, 0.05) is 6.42 Å². The Morgan fingerprint density at radius 2 is 1.88 bits per heavy atom. The average molecular weight is 252 g/mol. The number of rotatable bonds is 6. The summed E-state index contributed by atoms with van der Waals surface area (Å²) >= 11 is 4.00. The van der Waals surface area contributed by atoms with Crippen molar-refractivity contribution >= 4 is 24.4 Å². The van der Waals surface area contributed by atoms with Gasteiger partial charge in [0.2, 0.25) is 0 Å².